The molecule has 1 aromatic carbocycles. The fraction of sp³-hybridized carbons (Fsp3) is 0. The lowest BCUT2D eigenvalue weighted by Gasteiger charge is -2.05. The molecule has 1 N–H and O–H groups in total. The van der Waals surface area contributed by atoms with Gasteiger partial charge in [0.2, 0.25) is 12.3 Å². The van der Waals surface area contributed by atoms with Crippen LogP contribution in [0.25, 0.3) is 11.5 Å². The van der Waals surface area contributed by atoms with Gasteiger partial charge in [0.1, 0.15) is 0 Å². The summed E-state index contributed by atoms with van der Waals surface area (Å²) in [5.74, 6) is -0.0146. The van der Waals surface area contributed by atoms with E-state index in [0.717, 1.165) is 0 Å². The van der Waals surface area contributed by atoms with Gasteiger partial charge in [-0.15, -0.1) is 20.4 Å². The number of nitrogens with one attached hydrogen (secondary N) is 1. The topological polar surface area (TPSA) is 93.8 Å². The monoisotopic (exact) mass is 301 g/mol. The quantitative estimate of drug-likeness (QED) is 0.798. The third-order valence-corrected chi connectivity index (χ3v) is 2.79. The molecule has 0 atom stereocenters. The summed E-state index contributed by atoms with van der Waals surface area (Å²) in [4.78, 5) is 12.0. The summed E-state index contributed by atoms with van der Waals surface area (Å²) in [5.41, 5.74) is 1.45. The summed E-state index contributed by atoms with van der Waals surface area (Å²) in [7, 11) is 0. The zero-order valence-electron chi connectivity index (χ0n) is 10.5. The second kappa shape index (κ2) is 5.68. The molecule has 0 fully saturated rings. The molecule has 2 heterocycles. The molecule has 3 aromatic rings. The van der Waals surface area contributed by atoms with Gasteiger partial charge in [0.25, 0.3) is 5.91 Å². The molecular formula is C13H8ClN5O2. The minimum Gasteiger partial charge on any atom is -0.423 e. The van der Waals surface area contributed by atoms with Gasteiger partial charge < -0.3 is 9.73 Å². The van der Waals surface area contributed by atoms with Crippen LogP contribution in [-0.4, -0.2) is 26.3 Å². The van der Waals surface area contributed by atoms with E-state index in [2.05, 4.69) is 25.7 Å². The van der Waals surface area contributed by atoms with Crippen molar-refractivity contribution in [2.45, 2.75) is 0 Å². The van der Waals surface area contributed by atoms with Crippen molar-refractivity contribution in [1.82, 2.24) is 20.4 Å². The number of hydrogen-bond acceptors (Lipinski definition) is 6. The number of amides is 1. The van der Waals surface area contributed by atoms with E-state index in [0.29, 0.717) is 17.1 Å². The second-order valence-electron chi connectivity index (χ2n) is 4.02. The highest BCUT2D eigenvalue weighted by atomic mass is 35.5. The Morgan fingerprint density at radius 2 is 2.05 bits per heavy atom. The maximum atomic E-state index is 12.0. The fourth-order valence-electron chi connectivity index (χ4n) is 1.66. The molecule has 3 rings (SSSR count). The minimum absolute atomic E-state index is 0.169. The lowest BCUT2D eigenvalue weighted by Crippen LogP contribution is -2.14. The lowest BCUT2D eigenvalue weighted by atomic mass is 10.2. The molecule has 0 radical (unpaired) electrons. The van der Waals surface area contributed by atoms with Crippen molar-refractivity contribution in [3.63, 3.8) is 0 Å². The lowest BCUT2D eigenvalue weighted by molar-refractivity contribution is 0.102. The molecule has 2 aromatic heterocycles. The molecule has 0 unspecified atom stereocenters. The number of halogens is 1. The Bertz CT molecular complexity index is 758. The summed E-state index contributed by atoms with van der Waals surface area (Å²) in [5, 5.41) is 17.7. The van der Waals surface area contributed by atoms with E-state index >= 15 is 0 Å². The molecule has 21 heavy (non-hydrogen) atoms. The van der Waals surface area contributed by atoms with Gasteiger partial charge in [-0.25, -0.2) is 0 Å². The molecule has 0 aliphatic heterocycles. The highest BCUT2D eigenvalue weighted by Gasteiger charge is 2.10. The van der Waals surface area contributed by atoms with Gasteiger partial charge in [-0.05, 0) is 30.3 Å². The first-order valence-electron chi connectivity index (χ1n) is 5.89. The van der Waals surface area contributed by atoms with Crippen LogP contribution < -0.4 is 5.32 Å². The molecule has 0 aliphatic rings. The average molecular weight is 302 g/mol. The first kappa shape index (κ1) is 13.2. The molecule has 0 spiro atoms. The summed E-state index contributed by atoms with van der Waals surface area (Å²) in [6.07, 6.45) is 1.24. The zero-order chi connectivity index (χ0) is 14.7. The van der Waals surface area contributed by atoms with E-state index in [1.165, 1.54) is 18.5 Å². The van der Waals surface area contributed by atoms with Crippen molar-refractivity contribution in [2.24, 2.45) is 0 Å². The molecule has 0 saturated heterocycles. The number of carbonyl (C=O) groups excluding carboxylic acids is 1. The number of anilines is 1. The first-order chi connectivity index (χ1) is 10.2. The highest BCUT2D eigenvalue weighted by molar-refractivity contribution is 6.29. The molecule has 0 saturated carbocycles. The smallest absolute Gasteiger partial charge is 0.276 e. The predicted molar refractivity (Wildman–Crippen MR) is 74.7 cm³/mol. The summed E-state index contributed by atoms with van der Waals surface area (Å²) in [6, 6.07) is 10.0. The number of rotatable bonds is 3. The summed E-state index contributed by atoms with van der Waals surface area (Å²) < 4.78 is 5.11. The first-order valence-corrected chi connectivity index (χ1v) is 6.27. The third kappa shape index (κ3) is 3.03. The van der Waals surface area contributed by atoms with Crippen LogP contribution in [0.5, 0.6) is 0 Å². The van der Waals surface area contributed by atoms with Crippen LogP contribution in [0.3, 0.4) is 0 Å². The van der Waals surface area contributed by atoms with Gasteiger partial charge >= 0.3 is 0 Å². The zero-order valence-corrected chi connectivity index (χ0v) is 11.3. The molecule has 8 heteroatoms. The largest absolute Gasteiger partial charge is 0.423 e. The molecule has 7 nitrogen and oxygen atoms in total. The number of carbonyl (C=O) groups is 1. The van der Waals surface area contributed by atoms with Gasteiger partial charge in [0.05, 0.1) is 0 Å². The Balaban J connectivity index is 1.80. The predicted octanol–water partition coefficient (Wildman–Crippen LogP) is 2.43. The number of aromatic nitrogens is 4. The van der Waals surface area contributed by atoms with Crippen LogP contribution >= 0.6 is 11.6 Å². The van der Waals surface area contributed by atoms with Crippen LogP contribution in [0.1, 0.15) is 10.5 Å². The maximum Gasteiger partial charge on any atom is 0.276 e. The van der Waals surface area contributed by atoms with Crippen molar-refractivity contribution >= 4 is 23.2 Å². The SMILES string of the molecule is O=C(Nc1cccc(-c2nnco2)c1)c1ccc(Cl)nn1. The van der Waals surface area contributed by atoms with E-state index in [9.17, 15) is 4.79 Å². The number of nitrogens with zero attached hydrogens (tertiary/aromatic N) is 4. The fourth-order valence-corrected chi connectivity index (χ4v) is 1.76. The third-order valence-electron chi connectivity index (χ3n) is 2.59. The van der Waals surface area contributed by atoms with Crippen molar-refractivity contribution < 1.29 is 9.21 Å². The van der Waals surface area contributed by atoms with Crippen LogP contribution in [-0.2, 0) is 0 Å². The van der Waals surface area contributed by atoms with Crippen LogP contribution in [0.4, 0.5) is 5.69 Å². The standard InChI is InChI=1S/C13H8ClN5O2/c14-11-5-4-10(17-18-11)12(20)16-9-3-1-2-8(6-9)13-19-15-7-21-13/h1-7H,(H,16,20). The van der Waals surface area contributed by atoms with Gasteiger partial charge in [0.15, 0.2) is 10.8 Å². The highest BCUT2D eigenvalue weighted by Crippen LogP contribution is 2.20. The number of hydrogen-bond donors (Lipinski definition) is 1. The van der Waals surface area contributed by atoms with E-state index in [1.54, 1.807) is 24.3 Å². The molecule has 1 amide bonds. The Hall–Kier alpha value is -2.80. The van der Waals surface area contributed by atoms with E-state index in [1.807, 2.05) is 0 Å². The Morgan fingerprint density at radius 3 is 2.76 bits per heavy atom. The molecule has 0 aliphatic carbocycles. The summed E-state index contributed by atoms with van der Waals surface area (Å²) in [6.45, 7) is 0. The van der Waals surface area contributed by atoms with Crippen molar-refractivity contribution in [3.8, 4) is 11.5 Å². The van der Waals surface area contributed by atoms with Crippen LogP contribution in [0, 0.1) is 0 Å². The van der Waals surface area contributed by atoms with Gasteiger partial charge in [0, 0.05) is 11.3 Å². The Morgan fingerprint density at radius 1 is 1.14 bits per heavy atom. The van der Waals surface area contributed by atoms with Crippen molar-refractivity contribution in [2.75, 3.05) is 5.32 Å². The Labute approximate surface area is 124 Å². The summed E-state index contributed by atoms with van der Waals surface area (Å²) >= 11 is 5.63. The van der Waals surface area contributed by atoms with Crippen LogP contribution in [0.2, 0.25) is 5.15 Å². The molecule has 0 bridgehead atoms. The molecule has 104 valence electrons. The van der Waals surface area contributed by atoms with Crippen LogP contribution in [0.15, 0.2) is 47.2 Å². The Kier molecular flexibility index (Phi) is 3.57. The van der Waals surface area contributed by atoms with Gasteiger partial charge in [-0.3, -0.25) is 4.79 Å². The second-order valence-corrected chi connectivity index (χ2v) is 4.41. The maximum absolute atomic E-state index is 12.0. The molecular weight excluding hydrogens is 294 g/mol. The van der Waals surface area contributed by atoms with Gasteiger partial charge in [-0.1, -0.05) is 17.7 Å². The minimum atomic E-state index is -0.387. The van der Waals surface area contributed by atoms with Crippen molar-refractivity contribution in [3.05, 3.63) is 53.6 Å². The normalized spacial score (nSPS) is 10.3. The van der Waals surface area contributed by atoms with Gasteiger partial charge in [-0.2, -0.15) is 0 Å². The average Bonchev–Trinajstić information content (AvgIpc) is 3.02. The van der Waals surface area contributed by atoms with E-state index in [4.69, 9.17) is 16.0 Å². The van der Waals surface area contributed by atoms with Crippen molar-refractivity contribution in [1.29, 1.82) is 0 Å². The van der Waals surface area contributed by atoms with E-state index < -0.39 is 0 Å². The van der Waals surface area contributed by atoms with E-state index in [-0.39, 0.29) is 16.8 Å². The number of benzene rings is 1.